The summed E-state index contributed by atoms with van der Waals surface area (Å²) in [6.45, 7) is 8.36. The number of unbranched alkanes of at least 4 members (excludes halogenated alkanes) is 4. The Morgan fingerprint density at radius 3 is 1.39 bits per heavy atom. The Hall–Kier alpha value is -5.80. The van der Waals surface area contributed by atoms with Crippen molar-refractivity contribution in [3.05, 3.63) is 130 Å². The molecule has 72 heavy (non-hydrogen) atoms. The van der Waals surface area contributed by atoms with Crippen molar-refractivity contribution in [3.8, 4) is 11.5 Å². The summed E-state index contributed by atoms with van der Waals surface area (Å²) >= 11 is 0. The van der Waals surface area contributed by atoms with Crippen LogP contribution in [0.4, 0.5) is 0 Å². The zero-order chi connectivity index (χ0) is 54.7. The Balaban J connectivity index is 0.000000277. The molecule has 2 N–H and O–H groups in total. The molecular weight excluding hydrogens is 917 g/mol. The quantitative estimate of drug-likeness (QED) is 0.0572. The minimum Gasteiger partial charge on any atom is -0.493 e. The lowest BCUT2D eigenvalue weighted by molar-refractivity contribution is -0.138. The molecule has 2 fully saturated rings. The van der Waals surface area contributed by atoms with E-state index in [0.29, 0.717) is 88.0 Å². The first-order valence-electron chi connectivity index (χ1n) is 26.8. The molecule has 0 saturated carbocycles. The maximum atomic E-state index is 13.7. The van der Waals surface area contributed by atoms with Crippen LogP contribution in [0.15, 0.2) is 97.1 Å². The van der Waals surface area contributed by atoms with Gasteiger partial charge in [0, 0.05) is 127 Å². The Kier molecular flexibility index (Phi) is 21.2. The average molecular weight is 998 g/mol. The predicted octanol–water partition coefficient (Wildman–Crippen LogP) is 10.8. The van der Waals surface area contributed by atoms with E-state index in [9.17, 15) is 19.2 Å². The molecule has 0 radical (unpaired) electrons. The van der Waals surface area contributed by atoms with Gasteiger partial charge in [0.05, 0.1) is 28.5 Å². The van der Waals surface area contributed by atoms with Gasteiger partial charge in [0.1, 0.15) is 11.5 Å². The molecule has 0 aromatic heterocycles. The number of ether oxygens (including phenoxy) is 6. The Morgan fingerprint density at radius 1 is 0.583 bits per heavy atom. The number of carbonyl (C=O) groups excluding carboxylic acids is 2. The van der Waals surface area contributed by atoms with Crippen LogP contribution in [0.5, 0.6) is 11.5 Å². The summed E-state index contributed by atoms with van der Waals surface area (Å²) in [6, 6.07) is 27.5. The molecule has 2 aliphatic rings. The minimum absolute atomic E-state index is 0.118. The number of benzene rings is 4. The van der Waals surface area contributed by atoms with Crippen molar-refractivity contribution in [3.63, 3.8) is 0 Å². The van der Waals surface area contributed by atoms with Gasteiger partial charge < -0.3 is 48.4 Å². The third-order valence-corrected chi connectivity index (χ3v) is 13.2. The van der Waals surface area contributed by atoms with Gasteiger partial charge in [0.15, 0.2) is 0 Å². The van der Waals surface area contributed by atoms with Gasteiger partial charge in [-0.2, -0.15) is 0 Å². The fraction of sp³-hybridized carbons (Fsp3) is 0.517. The van der Waals surface area contributed by atoms with Gasteiger partial charge in [-0.05, 0) is 114 Å². The highest BCUT2D eigenvalue weighted by atomic mass is 16.5. The number of carboxylic acids is 2. The molecule has 392 valence electrons. The number of nitrogens with zero attached hydrogens (tertiary/aromatic N) is 2. The van der Waals surface area contributed by atoms with Crippen molar-refractivity contribution < 1.29 is 61.9 Å². The standard InChI is InChI=1S/2C29H39NO6/c2*1-22(2)30(21-24-9-6-7-10-26(24)36-18-8-4-5-11-27(31)32)28(33)23-12-14-25(15-13-23)29(34-3)16-19-35-20-17-29/h2*6-7,9-10,12-15,22H,4-5,8,11,16-21H2,1-3H3,(H,31,32)/i22D;21D2. The van der Waals surface area contributed by atoms with Crippen molar-refractivity contribution in [1.82, 2.24) is 9.80 Å². The highest BCUT2D eigenvalue weighted by Crippen LogP contribution is 2.37. The highest BCUT2D eigenvalue weighted by Gasteiger charge is 2.36. The van der Waals surface area contributed by atoms with Crippen molar-refractivity contribution in [2.45, 2.75) is 141 Å². The fourth-order valence-corrected chi connectivity index (χ4v) is 8.83. The monoisotopic (exact) mass is 998 g/mol. The lowest BCUT2D eigenvalue weighted by Gasteiger charge is -2.36. The van der Waals surface area contributed by atoms with Crippen molar-refractivity contribution >= 4 is 23.8 Å². The van der Waals surface area contributed by atoms with E-state index in [4.69, 9.17) is 42.7 Å². The zero-order valence-corrected chi connectivity index (χ0v) is 43.1. The van der Waals surface area contributed by atoms with Crippen LogP contribution < -0.4 is 9.47 Å². The molecule has 0 atom stereocenters. The molecule has 0 unspecified atom stereocenters. The van der Waals surface area contributed by atoms with Crippen LogP contribution in [0, 0.1) is 0 Å². The summed E-state index contributed by atoms with van der Waals surface area (Å²) in [5.41, 5.74) is 3.13. The normalized spacial score (nSPS) is 16.0. The number of carbonyl (C=O) groups is 4. The van der Waals surface area contributed by atoms with E-state index in [-0.39, 0.29) is 30.9 Å². The van der Waals surface area contributed by atoms with E-state index in [1.54, 1.807) is 78.3 Å². The molecule has 0 bridgehead atoms. The molecule has 14 nitrogen and oxygen atoms in total. The number of para-hydroxylation sites is 2. The largest absolute Gasteiger partial charge is 0.493 e. The average Bonchev–Trinajstić information content (AvgIpc) is 3.40. The Labute approximate surface area is 431 Å². The second kappa shape index (κ2) is 29.0. The van der Waals surface area contributed by atoms with Crippen molar-refractivity contribution in [2.24, 2.45) is 0 Å². The van der Waals surface area contributed by atoms with E-state index in [2.05, 4.69) is 0 Å². The van der Waals surface area contributed by atoms with Crippen LogP contribution in [0.1, 0.15) is 152 Å². The molecule has 2 amide bonds. The summed E-state index contributed by atoms with van der Waals surface area (Å²) in [5, 5.41) is 17.5. The first-order chi connectivity index (χ1) is 35.8. The van der Waals surface area contributed by atoms with E-state index in [0.717, 1.165) is 55.2 Å². The van der Waals surface area contributed by atoms with Crippen LogP contribution in [0.2, 0.25) is 0 Å². The van der Waals surface area contributed by atoms with Gasteiger partial charge in [-0.15, -0.1) is 0 Å². The predicted molar refractivity (Wildman–Crippen MR) is 276 cm³/mol. The summed E-state index contributed by atoms with van der Waals surface area (Å²) in [4.78, 5) is 51.4. The molecule has 4 aromatic carbocycles. The number of hydrogen-bond donors (Lipinski definition) is 2. The second-order valence-electron chi connectivity index (χ2n) is 18.7. The number of aliphatic carboxylic acids is 2. The molecule has 4 aromatic rings. The summed E-state index contributed by atoms with van der Waals surface area (Å²) in [5.74, 6) is -1.22. The van der Waals surface area contributed by atoms with Gasteiger partial charge in [-0.25, -0.2) is 0 Å². The number of amides is 2. The number of methoxy groups -OCH3 is 2. The van der Waals surface area contributed by atoms with Crippen LogP contribution in [0.3, 0.4) is 0 Å². The second-order valence-corrected chi connectivity index (χ2v) is 18.7. The molecule has 0 aliphatic carbocycles. The topological polar surface area (TPSA) is 171 Å². The molecule has 2 saturated heterocycles. The van der Waals surface area contributed by atoms with Crippen LogP contribution in [0.25, 0.3) is 0 Å². The number of hydrogen-bond acceptors (Lipinski definition) is 10. The van der Waals surface area contributed by atoms with Crippen LogP contribution in [-0.2, 0) is 52.8 Å². The summed E-state index contributed by atoms with van der Waals surface area (Å²) in [6.07, 6.45) is 7.31. The van der Waals surface area contributed by atoms with Gasteiger partial charge in [0.2, 0.25) is 0 Å². The number of rotatable bonds is 26. The minimum atomic E-state index is -2.14. The lowest BCUT2D eigenvalue weighted by Crippen LogP contribution is -2.37. The molecule has 2 heterocycles. The van der Waals surface area contributed by atoms with Gasteiger partial charge >= 0.3 is 11.9 Å². The first kappa shape index (κ1) is 52.5. The SMILES string of the molecule is [2H]C(C)(C)N(Cc1ccccc1OCCCCCC(=O)O)C(=O)c1ccc(C2(OC)CCOCC2)cc1.[2H]C([2H])(c1ccccc1OCCCCCC(=O)O)N(C(=O)c1ccc(C2(OC)CCOCC2)cc1)C(C)C. The van der Waals surface area contributed by atoms with E-state index in [1.807, 2.05) is 60.7 Å². The molecule has 6 rings (SSSR count). The zero-order valence-electron chi connectivity index (χ0n) is 46.1. The molecule has 14 heteroatoms. The smallest absolute Gasteiger partial charge is 0.303 e. The third kappa shape index (κ3) is 16.6. The van der Waals surface area contributed by atoms with E-state index in [1.165, 1.54) is 9.80 Å². The maximum Gasteiger partial charge on any atom is 0.303 e. The maximum absolute atomic E-state index is 13.7. The molecular formula is C58H78N2O12. The lowest BCUT2D eigenvalue weighted by atomic mass is 9.85. The third-order valence-electron chi connectivity index (χ3n) is 13.2. The Morgan fingerprint density at radius 2 is 0.986 bits per heavy atom. The van der Waals surface area contributed by atoms with Gasteiger partial charge in [-0.1, -0.05) is 60.7 Å². The van der Waals surface area contributed by atoms with Crippen LogP contribution >= 0.6 is 0 Å². The van der Waals surface area contributed by atoms with E-state index < -0.39 is 47.6 Å². The van der Waals surface area contributed by atoms with Gasteiger partial charge in [0.25, 0.3) is 11.8 Å². The highest BCUT2D eigenvalue weighted by molar-refractivity contribution is 5.95. The van der Waals surface area contributed by atoms with Crippen LogP contribution in [-0.4, -0.2) is 110 Å². The first-order valence-corrected chi connectivity index (χ1v) is 25.3. The molecule has 0 spiro atoms. The van der Waals surface area contributed by atoms with Gasteiger partial charge in [-0.3, -0.25) is 19.2 Å². The van der Waals surface area contributed by atoms with Crippen molar-refractivity contribution in [1.29, 1.82) is 0 Å². The summed E-state index contributed by atoms with van der Waals surface area (Å²) in [7, 11) is 3.40. The van der Waals surface area contributed by atoms with E-state index >= 15 is 0 Å². The number of carboxylic acid groups (broad SMARTS) is 2. The Bertz CT molecular complexity index is 2430. The molecule has 2 aliphatic heterocycles. The van der Waals surface area contributed by atoms with Crippen molar-refractivity contribution in [2.75, 3.05) is 53.9 Å². The summed E-state index contributed by atoms with van der Waals surface area (Å²) < 4.78 is 61.4. The fourth-order valence-electron chi connectivity index (χ4n) is 8.83.